The second kappa shape index (κ2) is 6.10. The van der Waals surface area contributed by atoms with Crippen molar-refractivity contribution in [3.05, 3.63) is 63.6 Å². The largest absolute Gasteiger partial charge is 0.264 e. The SMILES string of the molecule is Clc1nc(-c2cccnc2)nc(Cl)c1-c1ccccc1Br. The van der Waals surface area contributed by atoms with E-state index in [1.54, 1.807) is 12.4 Å². The zero-order valence-electron chi connectivity index (χ0n) is 10.6. The molecular formula is C15H8BrCl2N3. The smallest absolute Gasteiger partial charge is 0.164 e. The van der Waals surface area contributed by atoms with E-state index in [1.807, 2.05) is 36.4 Å². The quantitative estimate of drug-likeness (QED) is 0.568. The molecule has 0 unspecified atom stereocenters. The Morgan fingerprint density at radius 2 is 1.62 bits per heavy atom. The molecule has 0 aliphatic carbocycles. The van der Waals surface area contributed by atoms with Gasteiger partial charge in [0.1, 0.15) is 10.3 Å². The third kappa shape index (κ3) is 2.93. The summed E-state index contributed by atoms with van der Waals surface area (Å²) < 4.78 is 0.881. The monoisotopic (exact) mass is 379 g/mol. The molecule has 3 nitrogen and oxygen atoms in total. The average Bonchev–Trinajstić information content (AvgIpc) is 2.49. The van der Waals surface area contributed by atoms with Crippen LogP contribution in [0.3, 0.4) is 0 Å². The Hall–Kier alpha value is -1.49. The number of aromatic nitrogens is 3. The fourth-order valence-electron chi connectivity index (χ4n) is 1.92. The van der Waals surface area contributed by atoms with Crippen molar-refractivity contribution < 1.29 is 0 Å². The fourth-order valence-corrected chi connectivity index (χ4v) is 2.99. The molecule has 0 saturated carbocycles. The summed E-state index contributed by atoms with van der Waals surface area (Å²) in [6.45, 7) is 0. The van der Waals surface area contributed by atoms with Gasteiger partial charge in [-0.2, -0.15) is 0 Å². The highest BCUT2D eigenvalue weighted by atomic mass is 79.9. The first-order chi connectivity index (χ1) is 10.2. The summed E-state index contributed by atoms with van der Waals surface area (Å²) in [7, 11) is 0. The molecular weight excluding hydrogens is 373 g/mol. The zero-order valence-corrected chi connectivity index (χ0v) is 13.7. The lowest BCUT2D eigenvalue weighted by Gasteiger charge is -2.10. The van der Waals surface area contributed by atoms with Gasteiger partial charge in [-0.3, -0.25) is 4.98 Å². The van der Waals surface area contributed by atoms with Crippen molar-refractivity contribution in [2.75, 3.05) is 0 Å². The molecule has 2 heterocycles. The van der Waals surface area contributed by atoms with Crippen LogP contribution in [-0.4, -0.2) is 15.0 Å². The van der Waals surface area contributed by atoms with E-state index in [2.05, 4.69) is 30.9 Å². The molecule has 6 heteroatoms. The molecule has 0 aliphatic heterocycles. The minimum atomic E-state index is 0.306. The van der Waals surface area contributed by atoms with E-state index in [-0.39, 0.29) is 0 Å². The maximum atomic E-state index is 6.31. The number of benzene rings is 1. The van der Waals surface area contributed by atoms with E-state index in [1.165, 1.54) is 0 Å². The van der Waals surface area contributed by atoms with Gasteiger partial charge in [-0.05, 0) is 18.2 Å². The van der Waals surface area contributed by atoms with E-state index >= 15 is 0 Å². The molecule has 3 rings (SSSR count). The highest BCUT2D eigenvalue weighted by molar-refractivity contribution is 9.10. The van der Waals surface area contributed by atoms with E-state index in [0.29, 0.717) is 21.7 Å². The fraction of sp³-hybridized carbons (Fsp3) is 0. The second-order valence-electron chi connectivity index (χ2n) is 4.23. The Morgan fingerprint density at radius 1 is 0.905 bits per heavy atom. The number of pyridine rings is 1. The van der Waals surface area contributed by atoms with Crippen LogP contribution in [0.5, 0.6) is 0 Å². The summed E-state index contributed by atoms with van der Waals surface area (Å²) >= 11 is 16.1. The molecule has 104 valence electrons. The minimum absolute atomic E-state index is 0.306. The third-order valence-corrected chi connectivity index (χ3v) is 4.12. The minimum Gasteiger partial charge on any atom is -0.264 e. The first kappa shape index (κ1) is 14.4. The van der Waals surface area contributed by atoms with Crippen molar-refractivity contribution in [1.29, 1.82) is 0 Å². The molecule has 1 aromatic carbocycles. The lowest BCUT2D eigenvalue weighted by Crippen LogP contribution is -1.95. The second-order valence-corrected chi connectivity index (χ2v) is 5.80. The number of hydrogen-bond acceptors (Lipinski definition) is 3. The molecule has 0 radical (unpaired) electrons. The van der Waals surface area contributed by atoms with Crippen LogP contribution in [0.4, 0.5) is 0 Å². The Bertz CT molecular complexity index is 771. The van der Waals surface area contributed by atoms with Crippen LogP contribution < -0.4 is 0 Å². The predicted octanol–water partition coefficient (Wildman–Crippen LogP) is 5.27. The van der Waals surface area contributed by atoms with E-state index in [4.69, 9.17) is 23.2 Å². The van der Waals surface area contributed by atoms with Crippen molar-refractivity contribution in [1.82, 2.24) is 15.0 Å². The van der Waals surface area contributed by atoms with Gasteiger partial charge in [0.05, 0.1) is 5.56 Å². The molecule has 0 saturated heterocycles. The van der Waals surface area contributed by atoms with Gasteiger partial charge in [-0.15, -0.1) is 0 Å². The van der Waals surface area contributed by atoms with Gasteiger partial charge < -0.3 is 0 Å². The van der Waals surface area contributed by atoms with Crippen LogP contribution in [0.1, 0.15) is 0 Å². The number of hydrogen-bond donors (Lipinski definition) is 0. The summed E-state index contributed by atoms with van der Waals surface area (Å²) in [6.07, 6.45) is 3.35. The Kier molecular flexibility index (Phi) is 4.19. The van der Waals surface area contributed by atoms with Crippen molar-refractivity contribution in [2.45, 2.75) is 0 Å². The first-order valence-corrected chi connectivity index (χ1v) is 7.60. The third-order valence-electron chi connectivity index (χ3n) is 2.88. The van der Waals surface area contributed by atoms with E-state index < -0.39 is 0 Å². The van der Waals surface area contributed by atoms with Crippen molar-refractivity contribution in [2.24, 2.45) is 0 Å². The lowest BCUT2D eigenvalue weighted by atomic mass is 10.1. The Labute approximate surface area is 140 Å². The average molecular weight is 381 g/mol. The molecule has 0 N–H and O–H groups in total. The van der Waals surface area contributed by atoms with Crippen molar-refractivity contribution >= 4 is 39.1 Å². The summed E-state index contributed by atoms with van der Waals surface area (Å²) in [6, 6.07) is 11.3. The summed E-state index contributed by atoms with van der Waals surface area (Å²) in [4.78, 5) is 12.7. The summed E-state index contributed by atoms with van der Waals surface area (Å²) in [5.41, 5.74) is 2.23. The Morgan fingerprint density at radius 3 is 2.24 bits per heavy atom. The highest BCUT2D eigenvalue weighted by Gasteiger charge is 2.16. The van der Waals surface area contributed by atoms with Crippen LogP contribution in [0.25, 0.3) is 22.5 Å². The number of nitrogens with zero attached hydrogens (tertiary/aromatic N) is 3. The summed E-state index contributed by atoms with van der Waals surface area (Å²) in [5.74, 6) is 0.453. The molecule has 0 bridgehead atoms. The number of rotatable bonds is 2. The van der Waals surface area contributed by atoms with E-state index in [9.17, 15) is 0 Å². The van der Waals surface area contributed by atoms with Crippen molar-refractivity contribution in [3.8, 4) is 22.5 Å². The molecule has 0 spiro atoms. The van der Waals surface area contributed by atoms with Crippen molar-refractivity contribution in [3.63, 3.8) is 0 Å². The lowest BCUT2D eigenvalue weighted by molar-refractivity contribution is 1.16. The van der Waals surface area contributed by atoms with E-state index in [0.717, 1.165) is 15.6 Å². The highest BCUT2D eigenvalue weighted by Crippen LogP contribution is 2.37. The number of halogens is 3. The predicted molar refractivity (Wildman–Crippen MR) is 88.4 cm³/mol. The maximum absolute atomic E-state index is 6.31. The molecule has 0 amide bonds. The van der Waals surface area contributed by atoms with Gasteiger partial charge in [-0.25, -0.2) is 9.97 Å². The molecule has 3 aromatic rings. The molecule has 0 atom stereocenters. The van der Waals surface area contributed by atoms with Gasteiger partial charge in [-0.1, -0.05) is 57.3 Å². The van der Waals surface area contributed by atoms with Crippen LogP contribution in [-0.2, 0) is 0 Å². The topological polar surface area (TPSA) is 38.7 Å². The molecule has 21 heavy (non-hydrogen) atoms. The van der Waals surface area contributed by atoms with Gasteiger partial charge in [0.15, 0.2) is 5.82 Å². The van der Waals surface area contributed by atoms with Gasteiger partial charge in [0.25, 0.3) is 0 Å². The van der Waals surface area contributed by atoms with Crippen LogP contribution in [0, 0.1) is 0 Å². The van der Waals surface area contributed by atoms with Crippen LogP contribution in [0.15, 0.2) is 53.3 Å². The maximum Gasteiger partial charge on any atom is 0.164 e. The van der Waals surface area contributed by atoms with Gasteiger partial charge >= 0.3 is 0 Å². The molecule has 0 aliphatic rings. The van der Waals surface area contributed by atoms with Gasteiger partial charge in [0, 0.05) is 28.0 Å². The standard InChI is InChI=1S/C15H8BrCl2N3/c16-11-6-2-1-5-10(11)12-13(17)20-15(21-14(12)18)9-4-3-7-19-8-9/h1-8H. The molecule has 0 fully saturated rings. The first-order valence-electron chi connectivity index (χ1n) is 6.05. The summed E-state index contributed by atoms with van der Waals surface area (Å²) in [5, 5.41) is 0.613. The van der Waals surface area contributed by atoms with Crippen LogP contribution >= 0.6 is 39.1 Å². The van der Waals surface area contributed by atoms with Gasteiger partial charge in [0.2, 0.25) is 0 Å². The normalized spacial score (nSPS) is 10.6. The zero-order chi connectivity index (χ0) is 14.8. The molecule has 2 aromatic heterocycles. The Balaban J connectivity index is 2.16. The van der Waals surface area contributed by atoms with Crippen LogP contribution in [0.2, 0.25) is 10.3 Å².